The zero-order valence-corrected chi connectivity index (χ0v) is 13.6. The molecule has 1 aliphatic heterocycles. The number of nitrogens with zero attached hydrogens (tertiary/aromatic N) is 2. The van der Waals surface area contributed by atoms with Crippen LogP contribution in [0.25, 0.3) is 0 Å². The predicted octanol–water partition coefficient (Wildman–Crippen LogP) is 2.00. The minimum Gasteiger partial charge on any atom is -0.357 e. The first-order valence-electron chi connectivity index (χ1n) is 8.15. The molecule has 2 rings (SSSR count). The van der Waals surface area contributed by atoms with Gasteiger partial charge in [0.1, 0.15) is 0 Å². The fraction of sp³-hybridized carbons (Fsp3) is 0.529. The molecule has 1 fully saturated rings. The molecule has 1 aliphatic rings. The molecule has 0 saturated carbocycles. The molecule has 0 atom stereocenters. The molecule has 2 N–H and O–H groups in total. The van der Waals surface area contributed by atoms with E-state index < -0.39 is 0 Å². The van der Waals surface area contributed by atoms with Gasteiger partial charge in [0.15, 0.2) is 5.96 Å². The normalized spacial score (nSPS) is 15.0. The van der Waals surface area contributed by atoms with E-state index >= 15 is 0 Å². The lowest BCUT2D eigenvalue weighted by molar-refractivity contribution is 0.0956. The van der Waals surface area contributed by atoms with Gasteiger partial charge in [-0.2, -0.15) is 0 Å². The maximum atomic E-state index is 11.7. The summed E-state index contributed by atoms with van der Waals surface area (Å²) in [7, 11) is 0. The van der Waals surface area contributed by atoms with Crippen LogP contribution in [-0.4, -0.2) is 42.9 Å². The van der Waals surface area contributed by atoms with Gasteiger partial charge in [-0.25, -0.2) is 4.99 Å². The second-order valence-corrected chi connectivity index (χ2v) is 5.42. The Labute approximate surface area is 132 Å². The van der Waals surface area contributed by atoms with Crippen LogP contribution in [0, 0.1) is 0 Å². The summed E-state index contributed by atoms with van der Waals surface area (Å²) in [6, 6.07) is 7.67. The van der Waals surface area contributed by atoms with Crippen molar-refractivity contribution in [2.75, 3.05) is 26.2 Å². The molecular formula is C17H26N4O. The van der Waals surface area contributed by atoms with Crippen molar-refractivity contribution in [3.63, 3.8) is 0 Å². The summed E-state index contributed by atoms with van der Waals surface area (Å²) >= 11 is 0. The van der Waals surface area contributed by atoms with Gasteiger partial charge >= 0.3 is 0 Å². The van der Waals surface area contributed by atoms with Gasteiger partial charge in [-0.3, -0.25) is 4.79 Å². The van der Waals surface area contributed by atoms with E-state index in [0.717, 1.165) is 31.2 Å². The van der Waals surface area contributed by atoms with Crippen LogP contribution in [0.1, 0.15) is 42.6 Å². The number of amides is 1. The Bertz CT molecular complexity index is 504. The Morgan fingerprint density at radius 2 is 1.73 bits per heavy atom. The van der Waals surface area contributed by atoms with Gasteiger partial charge in [0, 0.05) is 31.7 Å². The lowest BCUT2D eigenvalue weighted by Gasteiger charge is -2.20. The molecule has 0 aromatic heterocycles. The summed E-state index contributed by atoms with van der Waals surface area (Å²) in [5, 5.41) is 6.16. The summed E-state index contributed by atoms with van der Waals surface area (Å²) in [6.07, 6.45) is 2.48. The van der Waals surface area contributed by atoms with E-state index in [1.165, 1.54) is 12.8 Å². The third-order valence-corrected chi connectivity index (χ3v) is 3.71. The van der Waals surface area contributed by atoms with Crippen LogP contribution >= 0.6 is 0 Å². The number of aliphatic imine (C=N–C) groups is 1. The standard InChI is InChI=1S/C17H26N4O/c1-3-18-16(22)15-9-7-14(8-10-15)13-20-17(19-4-2)21-11-5-6-12-21/h7-10H,3-6,11-13H2,1-2H3,(H,18,22)(H,19,20). The molecule has 1 heterocycles. The Morgan fingerprint density at radius 1 is 1.09 bits per heavy atom. The number of hydrogen-bond donors (Lipinski definition) is 2. The SMILES string of the molecule is CCNC(=O)c1ccc(CN=C(NCC)N2CCCC2)cc1. The van der Waals surface area contributed by atoms with Crippen molar-refractivity contribution in [3.8, 4) is 0 Å². The molecule has 1 aromatic carbocycles. The minimum atomic E-state index is -0.0250. The summed E-state index contributed by atoms with van der Waals surface area (Å²) < 4.78 is 0. The Morgan fingerprint density at radius 3 is 2.32 bits per heavy atom. The van der Waals surface area contributed by atoms with Crippen molar-refractivity contribution < 1.29 is 4.79 Å². The Hall–Kier alpha value is -2.04. The van der Waals surface area contributed by atoms with E-state index in [0.29, 0.717) is 18.7 Å². The van der Waals surface area contributed by atoms with Gasteiger partial charge in [-0.05, 0) is 44.4 Å². The molecule has 1 saturated heterocycles. The smallest absolute Gasteiger partial charge is 0.251 e. The fourth-order valence-electron chi connectivity index (χ4n) is 2.55. The molecule has 1 aromatic rings. The lowest BCUT2D eigenvalue weighted by atomic mass is 10.1. The number of benzene rings is 1. The van der Waals surface area contributed by atoms with Crippen LogP contribution in [0.2, 0.25) is 0 Å². The molecule has 1 amide bonds. The Kier molecular flexibility index (Phi) is 6.25. The average Bonchev–Trinajstić information content (AvgIpc) is 3.06. The number of likely N-dealkylation sites (tertiary alicyclic amines) is 1. The first kappa shape index (κ1) is 16.3. The van der Waals surface area contributed by atoms with E-state index in [9.17, 15) is 4.79 Å². The van der Waals surface area contributed by atoms with E-state index in [2.05, 4.69) is 22.5 Å². The largest absolute Gasteiger partial charge is 0.357 e. The highest BCUT2D eigenvalue weighted by Crippen LogP contribution is 2.10. The van der Waals surface area contributed by atoms with Crippen molar-refractivity contribution in [1.29, 1.82) is 0 Å². The average molecular weight is 302 g/mol. The van der Waals surface area contributed by atoms with Crippen molar-refractivity contribution in [3.05, 3.63) is 35.4 Å². The van der Waals surface area contributed by atoms with Crippen LogP contribution in [-0.2, 0) is 6.54 Å². The maximum Gasteiger partial charge on any atom is 0.251 e. The molecule has 0 radical (unpaired) electrons. The second kappa shape index (κ2) is 8.41. The second-order valence-electron chi connectivity index (χ2n) is 5.42. The lowest BCUT2D eigenvalue weighted by Crippen LogP contribution is -2.39. The third kappa shape index (κ3) is 4.48. The van der Waals surface area contributed by atoms with Crippen molar-refractivity contribution >= 4 is 11.9 Å². The van der Waals surface area contributed by atoms with E-state index in [4.69, 9.17) is 4.99 Å². The van der Waals surface area contributed by atoms with Gasteiger partial charge in [-0.15, -0.1) is 0 Å². The molecule has 0 bridgehead atoms. The van der Waals surface area contributed by atoms with Crippen LogP contribution in [0.3, 0.4) is 0 Å². The number of rotatable bonds is 5. The van der Waals surface area contributed by atoms with Gasteiger partial charge in [0.05, 0.1) is 6.54 Å². The maximum absolute atomic E-state index is 11.7. The highest BCUT2D eigenvalue weighted by atomic mass is 16.1. The predicted molar refractivity (Wildman–Crippen MR) is 90.1 cm³/mol. The number of carbonyl (C=O) groups is 1. The third-order valence-electron chi connectivity index (χ3n) is 3.71. The van der Waals surface area contributed by atoms with E-state index in [-0.39, 0.29) is 5.91 Å². The first-order chi connectivity index (χ1) is 10.7. The van der Waals surface area contributed by atoms with Crippen LogP contribution < -0.4 is 10.6 Å². The topological polar surface area (TPSA) is 56.7 Å². The number of nitrogens with one attached hydrogen (secondary N) is 2. The van der Waals surface area contributed by atoms with Gasteiger partial charge in [0.25, 0.3) is 5.91 Å². The quantitative estimate of drug-likeness (QED) is 0.646. The monoisotopic (exact) mass is 302 g/mol. The van der Waals surface area contributed by atoms with Gasteiger partial charge in [-0.1, -0.05) is 12.1 Å². The summed E-state index contributed by atoms with van der Waals surface area (Å²) in [5.41, 5.74) is 1.81. The van der Waals surface area contributed by atoms with Crippen molar-refractivity contribution in [2.45, 2.75) is 33.2 Å². The zero-order chi connectivity index (χ0) is 15.8. The highest BCUT2D eigenvalue weighted by Gasteiger charge is 2.15. The molecule has 0 spiro atoms. The molecule has 5 heteroatoms. The van der Waals surface area contributed by atoms with Crippen molar-refractivity contribution in [2.24, 2.45) is 4.99 Å². The number of hydrogen-bond acceptors (Lipinski definition) is 2. The first-order valence-corrected chi connectivity index (χ1v) is 8.15. The van der Waals surface area contributed by atoms with Gasteiger partial charge < -0.3 is 15.5 Å². The number of guanidine groups is 1. The minimum absolute atomic E-state index is 0.0250. The molecule has 120 valence electrons. The van der Waals surface area contributed by atoms with Crippen LogP contribution in [0.4, 0.5) is 0 Å². The molecule has 22 heavy (non-hydrogen) atoms. The van der Waals surface area contributed by atoms with E-state index in [1.54, 1.807) is 0 Å². The summed E-state index contributed by atoms with van der Waals surface area (Å²) in [4.78, 5) is 18.7. The molecule has 5 nitrogen and oxygen atoms in total. The van der Waals surface area contributed by atoms with Crippen LogP contribution in [0.15, 0.2) is 29.3 Å². The Balaban J connectivity index is 1.99. The van der Waals surface area contributed by atoms with Gasteiger partial charge in [0.2, 0.25) is 0 Å². The molecular weight excluding hydrogens is 276 g/mol. The van der Waals surface area contributed by atoms with Crippen molar-refractivity contribution in [1.82, 2.24) is 15.5 Å². The molecule has 0 aliphatic carbocycles. The zero-order valence-electron chi connectivity index (χ0n) is 13.6. The number of carbonyl (C=O) groups excluding carboxylic acids is 1. The molecule has 0 unspecified atom stereocenters. The van der Waals surface area contributed by atoms with E-state index in [1.807, 2.05) is 31.2 Å². The fourth-order valence-corrected chi connectivity index (χ4v) is 2.55. The highest BCUT2D eigenvalue weighted by molar-refractivity contribution is 5.94. The summed E-state index contributed by atoms with van der Waals surface area (Å²) in [6.45, 7) is 8.34. The summed E-state index contributed by atoms with van der Waals surface area (Å²) in [5.74, 6) is 0.968. The van der Waals surface area contributed by atoms with Crippen LogP contribution in [0.5, 0.6) is 0 Å².